The Morgan fingerprint density at radius 3 is 1.62 bits per heavy atom. The van der Waals surface area contributed by atoms with Gasteiger partial charge in [0.05, 0.1) is 0 Å². The van der Waals surface area contributed by atoms with E-state index in [1.165, 1.54) is 34.7 Å². The molecule has 0 unspecified atom stereocenters. The third-order valence-corrected chi connectivity index (χ3v) is 6.66. The Kier molecular flexibility index (Phi) is 12.9. The molecule has 0 aliphatic rings. The molecule has 0 spiro atoms. The normalized spacial score (nSPS) is 12.6. The van der Waals surface area contributed by atoms with Gasteiger partial charge in [0.2, 0.25) is 5.91 Å². The number of aryl methyl sites for hydroxylation is 1. The van der Waals surface area contributed by atoms with Gasteiger partial charge in [-0.1, -0.05) is 67.4 Å². The molecule has 13 heteroatoms. The summed E-state index contributed by atoms with van der Waals surface area (Å²) in [5.41, 5.74) is 1.23. The van der Waals surface area contributed by atoms with Gasteiger partial charge in [-0.2, -0.15) is 0 Å². The van der Waals surface area contributed by atoms with Crippen LogP contribution < -0.4 is 14.8 Å². The van der Waals surface area contributed by atoms with Crippen molar-refractivity contribution < 1.29 is 50.1 Å². The second kappa shape index (κ2) is 16.4. The van der Waals surface area contributed by atoms with E-state index in [1.54, 1.807) is 20.8 Å². The van der Waals surface area contributed by atoms with E-state index >= 15 is 0 Å². The number of rotatable bonds is 14. The summed E-state index contributed by atoms with van der Waals surface area (Å²) in [5.74, 6) is -1.40. The van der Waals surface area contributed by atoms with Gasteiger partial charge in [-0.25, -0.2) is 4.79 Å². The fraction of sp³-hybridized carbons (Fsp3) is 0.412. The van der Waals surface area contributed by atoms with Gasteiger partial charge in [-0.15, -0.1) is 26.3 Å². The second-order valence-electron chi connectivity index (χ2n) is 11.9. The summed E-state index contributed by atoms with van der Waals surface area (Å²) in [7, 11) is 0. The van der Waals surface area contributed by atoms with Gasteiger partial charge in [0, 0.05) is 13.1 Å². The molecule has 0 aromatic heterocycles. The van der Waals surface area contributed by atoms with Crippen LogP contribution in [0.2, 0.25) is 0 Å². The van der Waals surface area contributed by atoms with E-state index in [9.17, 15) is 35.9 Å². The molecule has 7 nitrogen and oxygen atoms in total. The molecule has 47 heavy (non-hydrogen) atoms. The third kappa shape index (κ3) is 14.7. The first-order valence-corrected chi connectivity index (χ1v) is 15.0. The van der Waals surface area contributed by atoms with E-state index in [0.29, 0.717) is 17.5 Å². The number of nitrogens with zero attached hydrogens (tertiary/aromatic N) is 1. The van der Waals surface area contributed by atoms with Gasteiger partial charge in [-0.05, 0) is 81.0 Å². The summed E-state index contributed by atoms with van der Waals surface area (Å²) in [4.78, 5) is 28.2. The van der Waals surface area contributed by atoms with Gasteiger partial charge in [0.25, 0.3) is 0 Å². The topological polar surface area (TPSA) is 77.1 Å². The molecule has 0 aliphatic heterocycles. The molecule has 2 amide bonds. The molecule has 0 radical (unpaired) electrons. The van der Waals surface area contributed by atoms with E-state index in [1.807, 2.05) is 30.3 Å². The smallest absolute Gasteiger partial charge is 0.444 e. The average molecular weight is 669 g/mol. The first kappa shape index (κ1) is 37.0. The molecule has 3 aromatic carbocycles. The number of benzene rings is 3. The number of hydrogen-bond donors (Lipinski definition) is 1. The Bertz CT molecular complexity index is 1350. The van der Waals surface area contributed by atoms with Crippen molar-refractivity contribution >= 4 is 12.0 Å². The Morgan fingerprint density at radius 1 is 0.681 bits per heavy atom. The molecule has 1 atom stereocenters. The molecular formula is C34H38F6N2O5. The summed E-state index contributed by atoms with van der Waals surface area (Å²) in [5, 5.41) is 2.66. The van der Waals surface area contributed by atoms with E-state index in [-0.39, 0.29) is 19.5 Å². The minimum atomic E-state index is -4.88. The van der Waals surface area contributed by atoms with Crippen molar-refractivity contribution in [2.45, 2.75) is 90.3 Å². The van der Waals surface area contributed by atoms with Crippen LogP contribution >= 0.6 is 0 Å². The molecule has 3 aromatic rings. The minimum absolute atomic E-state index is 0.0908. The van der Waals surface area contributed by atoms with Crippen molar-refractivity contribution in [2.24, 2.45) is 0 Å². The van der Waals surface area contributed by atoms with Crippen LogP contribution in [0.15, 0.2) is 78.9 Å². The number of hydrogen-bond acceptors (Lipinski definition) is 5. The number of halogens is 6. The maximum Gasteiger partial charge on any atom is 0.573 e. The Hall–Kier alpha value is -4.42. The van der Waals surface area contributed by atoms with Crippen LogP contribution in [0, 0.1) is 0 Å². The largest absolute Gasteiger partial charge is 0.573 e. The highest BCUT2D eigenvalue weighted by molar-refractivity contribution is 5.85. The highest BCUT2D eigenvalue weighted by atomic mass is 19.4. The number of amides is 2. The number of alkyl halides is 6. The predicted molar refractivity (Wildman–Crippen MR) is 162 cm³/mol. The van der Waals surface area contributed by atoms with Crippen LogP contribution in [0.5, 0.6) is 11.5 Å². The molecule has 0 heterocycles. The monoisotopic (exact) mass is 668 g/mol. The van der Waals surface area contributed by atoms with Gasteiger partial charge < -0.3 is 24.4 Å². The van der Waals surface area contributed by atoms with Crippen molar-refractivity contribution in [3.63, 3.8) is 0 Å². The Labute approximate surface area is 269 Å². The van der Waals surface area contributed by atoms with Crippen LogP contribution in [-0.4, -0.2) is 41.3 Å². The number of carbonyl (C=O) groups excluding carboxylic acids is 2. The maximum absolute atomic E-state index is 14.1. The van der Waals surface area contributed by atoms with Crippen molar-refractivity contribution in [1.82, 2.24) is 10.2 Å². The van der Waals surface area contributed by atoms with Gasteiger partial charge in [-0.3, -0.25) is 4.79 Å². The van der Waals surface area contributed by atoms with Crippen molar-refractivity contribution in [1.29, 1.82) is 0 Å². The molecular weight excluding hydrogens is 630 g/mol. The Balaban J connectivity index is 1.82. The lowest BCUT2D eigenvalue weighted by Crippen LogP contribution is -2.49. The lowest BCUT2D eigenvalue weighted by Gasteiger charge is -2.29. The van der Waals surface area contributed by atoms with Crippen LogP contribution in [0.1, 0.15) is 63.1 Å². The second-order valence-corrected chi connectivity index (χ2v) is 11.9. The SMILES string of the molecule is CC(C)(C)OC(=O)N[C@@H](CCCCCc1ccccc1)C(=O)N(Cc1ccc(OC(F)(F)F)cc1)Cc1ccc(OC(F)(F)F)cc1. The number of alkyl carbamates (subject to hydrolysis) is 1. The van der Waals surface area contributed by atoms with E-state index in [0.717, 1.165) is 43.5 Å². The van der Waals surface area contributed by atoms with E-state index in [2.05, 4.69) is 14.8 Å². The standard InChI is InChI=1S/C34H38F6N2O5/c1-32(2,3)47-31(44)41-29(13-9-5-8-12-24-10-6-4-7-11-24)30(43)42(22-25-14-18-27(19-15-25)45-33(35,36)37)23-26-16-20-28(21-17-26)46-34(38,39)40/h4,6-7,10-11,14-21,29H,5,8-9,12-13,22-23H2,1-3H3,(H,41,44)/t29-/m0/s1. The summed E-state index contributed by atoms with van der Waals surface area (Å²) in [6, 6.07) is 18.8. The fourth-order valence-corrected chi connectivity index (χ4v) is 4.67. The van der Waals surface area contributed by atoms with Gasteiger partial charge >= 0.3 is 18.8 Å². The summed E-state index contributed by atoms with van der Waals surface area (Å²) < 4.78 is 89.2. The first-order valence-electron chi connectivity index (χ1n) is 15.0. The summed E-state index contributed by atoms with van der Waals surface area (Å²) in [6.07, 6.45) is -7.27. The van der Waals surface area contributed by atoms with Crippen LogP contribution in [-0.2, 0) is 29.0 Å². The quantitative estimate of drug-likeness (QED) is 0.137. The van der Waals surface area contributed by atoms with Crippen LogP contribution in [0.3, 0.4) is 0 Å². The molecule has 3 rings (SSSR count). The molecule has 0 aliphatic carbocycles. The van der Waals surface area contributed by atoms with Gasteiger partial charge in [0.15, 0.2) is 0 Å². The van der Waals surface area contributed by atoms with Crippen molar-refractivity contribution in [3.05, 3.63) is 95.6 Å². The third-order valence-electron chi connectivity index (χ3n) is 6.66. The van der Waals surface area contributed by atoms with Crippen molar-refractivity contribution in [2.75, 3.05) is 0 Å². The zero-order valence-electron chi connectivity index (χ0n) is 26.3. The highest BCUT2D eigenvalue weighted by Gasteiger charge is 2.32. The zero-order chi connectivity index (χ0) is 34.7. The molecule has 0 fully saturated rings. The number of unbranched alkanes of at least 4 members (excludes halogenated alkanes) is 2. The van der Waals surface area contributed by atoms with Crippen LogP contribution in [0.25, 0.3) is 0 Å². The van der Waals surface area contributed by atoms with Gasteiger partial charge in [0.1, 0.15) is 23.1 Å². The predicted octanol–water partition coefficient (Wildman–Crippen LogP) is 8.71. The number of nitrogens with one attached hydrogen (secondary N) is 1. The van der Waals surface area contributed by atoms with E-state index < -0.39 is 47.9 Å². The zero-order valence-corrected chi connectivity index (χ0v) is 26.3. The number of ether oxygens (including phenoxy) is 3. The molecule has 0 saturated carbocycles. The lowest BCUT2D eigenvalue weighted by molar-refractivity contribution is -0.275. The van der Waals surface area contributed by atoms with Crippen molar-refractivity contribution in [3.8, 4) is 11.5 Å². The Morgan fingerprint density at radius 2 is 1.17 bits per heavy atom. The van der Waals surface area contributed by atoms with Crippen LogP contribution in [0.4, 0.5) is 31.1 Å². The van der Waals surface area contributed by atoms with E-state index in [4.69, 9.17) is 4.74 Å². The maximum atomic E-state index is 14.1. The molecule has 0 saturated heterocycles. The number of carbonyl (C=O) groups is 2. The fourth-order valence-electron chi connectivity index (χ4n) is 4.67. The molecule has 0 bridgehead atoms. The summed E-state index contributed by atoms with van der Waals surface area (Å²) >= 11 is 0. The average Bonchev–Trinajstić information content (AvgIpc) is 2.95. The highest BCUT2D eigenvalue weighted by Crippen LogP contribution is 2.26. The first-order chi connectivity index (χ1) is 22.0. The molecule has 1 N–H and O–H groups in total. The lowest BCUT2D eigenvalue weighted by atomic mass is 10.0. The minimum Gasteiger partial charge on any atom is -0.444 e. The summed E-state index contributed by atoms with van der Waals surface area (Å²) in [6.45, 7) is 4.85. The molecule has 256 valence electrons.